The zero-order valence-electron chi connectivity index (χ0n) is 66.8. The van der Waals surface area contributed by atoms with Crippen LogP contribution in [0.1, 0.15) is 349 Å². The first-order chi connectivity index (χ1) is 51.7. The van der Waals surface area contributed by atoms with Crippen molar-refractivity contribution in [3.05, 3.63) is 122 Å². The second-order valence-corrected chi connectivity index (χ2v) is 30.6. The van der Waals surface area contributed by atoms with E-state index in [4.69, 9.17) is 37.0 Å². The van der Waals surface area contributed by atoms with Gasteiger partial charge in [-0.05, 0) is 161 Å². The van der Waals surface area contributed by atoms with Crippen molar-refractivity contribution in [1.82, 2.24) is 0 Å². The van der Waals surface area contributed by atoms with E-state index in [-0.39, 0.29) is 25.7 Å². The molecule has 0 aromatic heterocycles. The number of unbranched alkanes of at least 4 members (excludes halogenated alkanes) is 32. The monoisotopic (exact) mass is 1530 g/mol. The summed E-state index contributed by atoms with van der Waals surface area (Å²) >= 11 is 0. The molecule has 17 nitrogen and oxygen atoms in total. The van der Waals surface area contributed by atoms with E-state index in [1.54, 1.807) is 0 Å². The maximum atomic E-state index is 13.1. The number of phosphoric acid groups is 2. The second-order valence-electron chi connectivity index (χ2n) is 27.7. The summed E-state index contributed by atoms with van der Waals surface area (Å²) in [6.45, 7) is 4.70. The molecule has 19 heteroatoms. The van der Waals surface area contributed by atoms with Crippen molar-refractivity contribution >= 4 is 39.5 Å². The summed E-state index contributed by atoms with van der Waals surface area (Å²) in [6, 6.07) is 0. The molecule has 0 radical (unpaired) electrons. The molecule has 0 spiro atoms. The number of aliphatic hydroxyl groups is 1. The van der Waals surface area contributed by atoms with Gasteiger partial charge in [0.05, 0.1) is 26.4 Å². The summed E-state index contributed by atoms with van der Waals surface area (Å²) < 4.78 is 68.7. The fraction of sp³-hybridized carbons (Fsp3) is 0.724. The Morgan fingerprint density at radius 3 is 0.745 bits per heavy atom. The van der Waals surface area contributed by atoms with E-state index in [0.717, 1.165) is 212 Å². The minimum absolute atomic E-state index is 0.0736. The fourth-order valence-electron chi connectivity index (χ4n) is 10.9. The zero-order chi connectivity index (χ0) is 77.4. The number of carbonyl (C=O) groups excluding carboxylic acids is 4. The molecule has 5 atom stereocenters. The smallest absolute Gasteiger partial charge is 0.462 e. The normalized spacial score (nSPS) is 14.4. The highest BCUT2D eigenvalue weighted by Gasteiger charge is 2.30. The Morgan fingerprint density at radius 1 is 0.264 bits per heavy atom. The molecule has 0 aliphatic rings. The van der Waals surface area contributed by atoms with E-state index in [1.165, 1.54) is 57.8 Å². The Kier molecular flexibility index (Phi) is 75.2. The quantitative estimate of drug-likeness (QED) is 0.0169. The van der Waals surface area contributed by atoms with Gasteiger partial charge in [-0.25, -0.2) is 9.13 Å². The number of phosphoric ester groups is 2. The molecule has 0 fully saturated rings. The first kappa shape index (κ1) is 101. The largest absolute Gasteiger partial charge is 0.472 e. The summed E-state index contributed by atoms with van der Waals surface area (Å²) in [5, 5.41) is 10.7. The lowest BCUT2D eigenvalue weighted by molar-refractivity contribution is -0.161. The third kappa shape index (κ3) is 77.6. The molecule has 0 bridgehead atoms. The van der Waals surface area contributed by atoms with E-state index < -0.39 is 97.5 Å². The number of carbonyl (C=O) groups is 4. The molecule has 106 heavy (non-hydrogen) atoms. The molecular weight excluding hydrogens is 1380 g/mol. The Balaban J connectivity index is 5.37. The number of esters is 4. The van der Waals surface area contributed by atoms with Crippen LogP contribution in [0.25, 0.3) is 0 Å². The van der Waals surface area contributed by atoms with Crippen molar-refractivity contribution in [3.8, 4) is 0 Å². The highest BCUT2D eigenvalue weighted by molar-refractivity contribution is 7.47. The minimum atomic E-state index is -4.99. The number of hydrogen-bond donors (Lipinski definition) is 3. The molecule has 610 valence electrons. The average molecular weight is 1530 g/mol. The van der Waals surface area contributed by atoms with Gasteiger partial charge in [-0.15, -0.1) is 0 Å². The van der Waals surface area contributed by atoms with E-state index in [9.17, 15) is 43.2 Å². The van der Waals surface area contributed by atoms with Gasteiger partial charge >= 0.3 is 39.5 Å². The molecule has 0 aromatic rings. The topological polar surface area (TPSA) is 237 Å². The Bertz CT molecular complexity index is 2480. The minimum Gasteiger partial charge on any atom is -0.462 e. The average Bonchev–Trinajstić information content (AvgIpc) is 0.902. The maximum absolute atomic E-state index is 13.1. The van der Waals surface area contributed by atoms with Crippen molar-refractivity contribution in [2.24, 2.45) is 0 Å². The summed E-state index contributed by atoms with van der Waals surface area (Å²) in [4.78, 5) is 73.1. The Morgan fingerprint density at radius 2 is 0.481 bits per heavy atom. The van der Waals surface area contributed by atoms with Crippen LogP contribution in [0.15, 0.2) is 122 Å². The van der Waals surface area contributed by atoms with Gasteiger partial charge in [-0.2, -0.15) is 0 Å². The molecular formula is C87H150O17P2. The second kappa shape index (κ2) is 78.6. The number of allylic oxidation sites excluding steroid dienone is 20. The molecule has 3 N–H and O–H groups in total. The van der Waals surface area contributed by atoms with Crippen LogP contribution >= 0.6 is 15.6 Å². The van der Waals surface area contributed by atoms with Crippen LogP contribution in [0.3, 0.4) is 0 Å². The van der Waals surface area contributed by atoms with Crippen molar-refractivity contribution in [3.63, 3.8) is 0 Å². The van der Waals surface area contributed by atoms with Gasteiger partial charge in [-0.1, -0.05) is 284 Å². The lowest BCUT2D eigenvalue weighted by Gasteiger charge is -2.21. The summed E-state index contributed by atoms with van der Waals surface area (Å²) in [6.07, 6.45) is 87.3. The molecule has 0 aromatic carbocycles. The predicted octanol–water partition coefficient (Wildman–Crippen LogP) is 24.7. The number of hydrogen-bond acceptors (Lipinski definition) is 15. The maximum Gasteiger partial charge on any atom is 0.472 e. The van der Waals surface area contributed by atoms with Crippen LogP contribution in [0.2, 0.25) is 0 Å². The van der Waals surface area contributed by atoms with Crippen LogP contribution in [-0.4, -0.2) is 96.7 Å². The van der Waals surface area contributed by atoms with E-state index in [1.807, 2.05) is 0 Å². The van der Waals surface area contributed by atoms with Gasteiger partial charge in [0.2, 0.25) is 0 Å². The SMILES string of the molecule is CCC/C=C\C/C=C\CCCCCCCC(=O)OC(COC(=O)CCCCCCCC/C=C\C/C=C\C/C=C\CCCCC)COP(=O)(O)OCC(O)COP(=O)(O)OCC(COC(=O)CCCCCCCC/C=C\C/C=C\C/C=C\CCCCC)OC(=O)CCCCCCC/C=C\C/C=C\CCCCC. The van der Waals surface area contributed by atoms with Gasteiger partial charge < -0.3 is 33.8 Å². The summed E-state index contributed by atoms with van der Waals surface area (Å²) in [5.41, 5.74) is 0. The van der Waals surface area contributed by atoms with Crippen LogP contribution in [-0.2, 0) is 65.4 Å². The third-order valence-corrected chi connectivity index (χ3v) is 19.3. The van der Waals surface area contributed by atoms with Gasteiger partial charge in [0.15, 0.2) is 12.2 Å². The van der Waals surface area contributed by atoms with E-state index in [2.05, 4.69) is 149 Å². The van der Waals surface area contributed by atoms with E-state index >= 15 is 0 Å². The van der Waals surface area contributed by atoms with Crippen molar-refractivity contribution < 1.29 is 80.2 Å². The molecule has 0 saturated carbocycles. The van der Waals surface area contributed by atoms with Gasteiger partial charge in [0.1, 0.15) is 19.3 Å². The molecule has 0 aliphatic carbocycles. The Hall–Kier alpha value is -4.54. The van der Waals surface area contributed by atoms with Crippen LogP contribution in [0.4, 0.5) is 0 Å². The zero-order valence-corrected chi connectivity index (χ0v) is 68.6. The van der Waals surface area contributed by atoms with Gasteiger partial charge in [0, 0.05) is 25.7 Å². The van der Waals surface area contributed by atoms with Crippen LogP contribution < -0.4 is 0 Å². The van der Waals surface area contributed by atoms with Gasteiger partial charge in [0.25, 0.3) is 0 Å². The molecule has 0 amide bonds. The lowest BCUT2D eigenvalue weighted by Crippen LogP contribution is -2.30. The van der Waals surface area contributed by atoms with Crippen molar-refractivity contribution in [2.75, 3.05) is 39.6 Å². The Labute approximate surface area is 644 Å². The fourth-order valence-corrected chi connectivity index (χ4v) is 12.5. The first-order valence-electron chi connectivity index (χ1n) is 41.8. The highest BCUT2D eigenvalue weighted by atomic mass is 31.2. The predicted molar refractivity (Wildman–Crippen MR) is 436 cm³/mol. The van der Waals surface area contributed by atoms with Crippen LogP contribution in [0.5, 0.6) is 0 Å². The first-order valence-corrected chi connectivity index (χ1v) is 44.8. The summed E-state index contributed by atoms with van der Waals surface area (Å²) in [5.74, 6) is -2.22. The highest BCUT2D eigenvalue weighted by Crippen LogP contribution is 2.45. The third-order valence-electron chi connectivity index (χ3n) is 17.3. The van der Waals surface area contributed by atoms with Crippen molar-refractivity contribution in [1.29, 1.82) is 0 Å². The molecule has 5 unspecified atom stereocenters. The molecule has 0 aliphatic heterocycles. The number of ether oxygens (including phenoxy) is 4. The van der Waals surface area contributed by atoms with Crippen LogP contribution in [0, 0.1) is 0 Å². The van der Waals surface area contributed by atoms with E-state index in [0.29, 0.717) is 25.7 Å². The molecule has 0 heterocycles. The van der Waals surface area contributed by atoms with Gasteiger partial charge in [-0.3, -0.25) is 37.3 Å². The molecule has 0 saturated heterocycles. The summed E-state index contributed by atoms with van der Waals surface area (Å²) in [7, 11) is -9.98. The lowest BCUT2D eigenvalue weighted by atomic mass is 10.1. The standard InChI is InChI=1S/C87H150O17P2/c1-5-9-13-17-21-25-29-33-36-38-40-42-45-48-51-55-59-63-67-71-84(89)97-77-82(103-86(91)73-69-65-61-57-53-47-32-28-24-20-16-12-8-4)79-101-105(93,94)99-75-81(88)76-100-106(95,96)102-80-83(104-87(92)74-70-66-62-58-54-50-44-35-31-27-23-19-15-11-7-3)78-98-85(90)72-68-64-60-56-52-49-46-43-41-39-37-34-30-26-22-18-14-10-6-2/h16,20-23,25-28,32-37,40-44,81-83,88H,5-15,17-19,24,29-31,38-39,45-80H2,1-4H3,(H,93,94)(H,95,96)/b20-16-,25-21-,26-22-,27-23-,32-28-,36-33-,37-34-,42-40-,43-41-,44-35-. The number of aliphatic hydroxyl groups excluding tert-OH is 1. The van der Waals surface area contributed by atoms with Crippen molar-refractivity contribution in [2.45, 2.75) is 367 Å². The number of rotatable bonds is 78. The molecule has 0 rings (SSSR count).